The molecule has 1 aromatic carbocycles. The van der Waals surface area contributed by atoms with Gasteiger partial charge in [-0.2, -0.15) is 0 Å². The zero-order valence-corrected chi connectivity index (χ0v) is 15.7. The van der Waals surface area contributed by atoms with Gasteiger partial charge in [-0.05, 0) is 32.8 Å². The molecule has 5 nitrogen and oxygen atoms in total. The van der Waals surface area contributed by atoms with Gasteiger partial charge < -0.3 is 14.8 Å². The predicted octanol–water partition coefficient (Wildman–Crippen LogP) is 4.20. The quantitative estimate of drug-likeness (QED) is 0.661. The highest BCUT2D eigenvalue weighted by molar-refractivity contribution is 5.97. The number of hydrogen-bond acceptors (Lipinski definition) is 4. The molecule has 26 heavy (non-hydrogen) atoms. The molecule has 0 radical (unpaired) electrons. The summed E-state index contributed by atoms with van der Waals surface area (Å²) in [7, 11) is 1.51. The van der Waals surface area contributed by atoms with Crippen LogP contribution >= 0.6 is 0 Å². The largest absolute Gasteiger partial charge is 0.444 e. The first-order valence-electron chi connectivity index (χ1n) is 8.49. The highest BCUT2D eigenvalue weighted by Crippen LogP contribution is 2.22. The molecule has 7 heteroatoms. The number of ketones is 1. The summed E-state index contributed by atoms with van der Waals surface area (Å²) in [6.45, 7) is 5.39. The van der Waals surface area contributed by atoms with Crippen LogP contribution in [0, 0.1) is 5.92 Å². The molecule has 1 rings (SSSR count). The van der Waals surface area contributed by atoms with Crippen molar-refractivity contribution in [2.24, 2.45) is 5.92 Å². The molecule has 0 aliphatic rings. The minimum Gasteiger partial charge on any atom is -0.444 e. The number of ether oxygens (including phenoxy) is 2. The molecule has 1 amide bonds. The molecule has 0 spiro atoms. The normalized spacial score (nSPS) is 12.7. The summed E-state index contributed by atoms with van der Waals surface area (Å²) in [4.78, 5) is 24.0. The molecule has 1 atom stereocenters. The molecule has 1 N–H and O–H groups in total. The number of alkyl carbamates (subject to hydrolysis) is 1. The second kappa shape index (κ2) is 10.2. The van der Waals surface area contributed by atoms with Crippen molar-refractivity contribution in [3.8, 4) is 0 Å². The molecule has 1 unspecified atom stereocenters. The first-order chi connectivity index (χ1) is 12.1. The van der Waals surface area contributed by atoms with Gasteiger partial charge >= 0.3 is 6.09 Å². The van der Waals surface area contributed by atoms with Crippen LogP contribution in [0.3, 0.4) is 0 Å². The van der Waals surface area contributed by atoms with E-state index in [-0.39, 0.29) is 31.8 Å². The molecule has 1 aromatic rings. The van der Waals surface area contributed by atoms with Crippen molar-refractivity contribution < 1.29 is 27.8 Å². The van der Waals surface area contributed by atoms with Crippen molar-refractivity contribution in [1.82, 2.24) is 5.32 Å². The van der Waals surface area contributed by atoms with Crippen LogP contribution in [-0.4, -0.2) is 37.6 Å². The van der Waals surface area contributed by atoms with E-state index in [1.165, 1.54) is 7.11 Å². The molecule has 0 saturated heterocycles. The van der Waals surface area contributed by atoms with Crippen molar-refractivity contribution in [1.29, 1.82) is 0 Å². The first-order valence-corrected chi connectivity index (χ1v) is 8.49. The van der Waals surface area contributed by atoms with E-state index in [0.717, 1.165) is 0 Å². The van der Waals surface area contributed by atoms with Crippen LogP contribution in [0.1, 0.15) is 49.5 Å². The lowest BCUT2D eigenvalue weighted by molar-refractivity contribution is 0.0477. The molecule has 0 bridgehead atoms. The number of halogens is 2. The average Bonchev–Trinajstić information content (AvgIpc) is 2.52. The highest BCUT2D eigenvalue weighted by Gasteiger charge is 2.25. The highest BCUT2D eigenvalue weighted by atomic mass is 19.3. The zero-order chi connectivity index (χ0) is 19.7. The number of rotatable bonds is 9. The number of nitrogens with one attached hydrogen (secondary N) is 1. The summed E-state index contributed by atoms with van der Waals surface area (Å²) in [6, 6.07) is 6.80. The Hall–Kier alpha value is -2.02. The standard InChI is InChI=1S/C19H27F2NO4/c1-19(2,3)26-18(24)22-10-9-13(17(20)21)11-16(23)15-8-6-5-7-14(15)12-25-4/h5-8,13,17H,9-12H2,1-4H3,(H,22,24). The van der Waals surface area contributed by atoms with Gasteiger partial charge in [-0.3, -0.25) is 4.79 Å². The van der Waals surface area contributed by atoms with Crippen LogP contribution in [0.15, 0.2) is 24.3 Å². The number of amides is 1. The molecule has 146 valence electrons. The lowest BCUT2D eigenvalue weighted by Gasteiger charge is -2.21. The molecular weight excluding hydrogens is 344 g/mol. The number of hydrogen-bond donors (Lipinski definition) is 1. The van der Waals surface area contributed by atoms with E-state index in [2.05, 4.69) is 5.32 Å². The Bertz CT molecular complexity index is 599. The second-order valence-electron chi connectivity index (χ2n) is 7.03. The summed E-state index contributed by atoms with van der Waals surface area (Å²) in [5.41, 5.74) is 0.396. The number of methoxy groups -OCH3 is 1. The molecular formula is C19H27F2NO4. The second-order valence-corrected chi connectivity index (χ2v) is 7.03. The van der Waals surface area contributed by atoms with Crippen molar-refractivity contribution in [2.75, 3.05) is 13.7 Å². The Morgan fingerprint density at radius 1 is 1.19 bits per heavy atom. The monoisotopic (exact) mass is 371 g/mol. The maximum atomic E-state index is 13.3. The van der Waals surface area contributed by atoms with Gasteiger partial charge in [0.05, 0.1) is 6.61 Å². The SMILES string of the molecule is COCc1ccccc1C(=O)CC(CCNC(=O)OC(C)(C)C)C(F)F. The van der Waals surface area contributed by atoms with E-state index in [0.29, 0.717) is 11.1 Å². The lowest BCUT2D eigenvalue weighted by Crippen LogP contribution is -2.34. The van der Waals surface area contributed by atoms with Crippen molar-refractivity contribution in [3.63, 3.8) is 0 Å². The van der Waals surface area contributed by atoms with Crippen molar-refractivity contribution in [2.45, 2.75) is 52.2 Å². The number of carbonyl (C=O) groups excluding carboxylic acids is 2. The molecule has 0 aromatic heterocycles. The van der Waals surface area contributed by atoms with E-state index in [1.54, 1.807) is 45.0 Å². The molecule has 0 saturated carbocycles. The summed E-state index contributed by atoms with van der Waals surface area (Å²) < 4.78 is 36.7. The van der Waals surface area contributed by atoms with Gasteiger partial charge in [0, 0.05) is 31.6 Å². The topological polar surface area (TPSA) is 64.6 Å². The van der Waals surface area contributed by atoms with Crippen molar-refractivity contribution >= 4 is 11.9 Å². The van der Waals surface area contributed by atoms with Gasteiger partial charge in [0.2, 0.25) is 6.43 Å². The summed E-state index contributed by atoms with van der Waals surface area (Å²) in [5, 5.41) is 2.44. The lowest BCUT2D eigenvalue weighted by atomic mass is 9.93. The fourth-order valence-corrected chi connectivity index (χ4v) is 2.41. The van der Waals surface area contributed by atoms with Gasteiger partial charge in [-0.15, -0.1) is 0 Å². The van der Waals surface area contributed by atoms with Crippen LogP contribution in [-0.2, 0) is 16.1 Å². The van der Waals surface area contributed by atoms with E-state index < -0.39 is 24.0 Å². The number of Topliss-reactive ketones (excluding diaryl/α,β-unsaturated/α-hetero) is 1. The van der Waals surface area contributed by atoms with Gasteiger partial charge in [-0.25, -0.2) is 13.6 Å². The Morgan fingerprint density at radius 3 is 2.42 bits per heavy atom. The third-order valence-corrected chi connectivity index (χ3v) is 3.60. The fourth-order valence-electron chi connectivity index (χ4n) is 2.41. The third kappa shape index (κ3) is 7.91. The first kappa shape index (κ1) is 22.0. The van der Waals surface area contributed by atoms with Gasteiger partial charge in [0.1, 0.15) is 5.60 Å². The molecule has 0 heterocycles. The third-order valence-electron chi connectivity index (χ3n) is 3.60. The smallest absolute Gasteiger partial charge is 0.407 e. The minimum absolute atomic E-state index is 0.0108. The van der Waals surface area contributed by atoms with Crippen LogP contribution in [0.25, 0.3) is 0 Å². The van der Waals surface area contributed by atoms with Gasteiger partial charge in [0.15, 0.2) is 5.78 Å². The fraction of sp³-hybridized carbons (Fsp3) is 0.579. The Labute approximate surface area is 153 Å². The Balaban J connectivity index is 2.63. The average molecular weight is 371 g/mol. The van der Waals surface area contributed by atoms with Crippen LogP contribution in [0.5, 0.6) is 0 Å². The van der Waals surface area contributed by atoms with Crippen LogP contribution in [0.2, 0.25) is 0 Å². The Morgan fingerprint density at radius 2 is 1.85 bits per heavy atom. The zero-order valence-electron chi connectivity index (χ0n) is 15.7. The van der Waals surface area contributed by atoms with E-state index in [1.807, 2.05) is 0 Å². The number of carbonyl (C=O) groups is 2. The minimum atomic E-state index is -2.66. The van der Waals surface area contributed by atoms with Gasteiger partial charge in [-0.1, -0.05) is 24.3 Å². The van der Waals surface area contributed by atoms with Gasteiger partial charge in [0.25, 0.3) is 0 Å². The van der Waals surface area contributed by atoms with Crippen LogP contribution < -0.4 is 5.32 Å². The maximum Gasteiger partial charge on any atom is 0.407 e. The Kier molecular flexibility index (Phi) is 8.65. The summed E-state index contributed by atoms with van der Waals surface area (Å²) >= 11 is 0. The molecule has 0 aliphatic carbocycles. The summed E-state index contributed by atoms with van der Waals surface area (Å²) in [5.74, 6) is -1.51. The van der Waals surface area contributed by atoms with Crippen molar-refractivity contribution in [3.05, 3.63) is 35.4 Å². The summed E-state index contributed by atoms with van der Waals surface area (Å²) in [6.07, 6.45) is -3.64. The number of alkyl halides is 2. The van der Waals surface area contributed by atoms with Crippen LogP contribution in [0.4, 0.5) is 13.6 Å². The van der Waals surface area contributed by atoms with E-state index in [4.69, 9.17) is 9.47 Å². The predicted molar refractivity (Wildman–Crippen MR) is 94.5 cm³/mol. The maximum absolute atomic E-state index is 13.3. The van der Waals surface area contributed by atoms with E-state index >= 15 is 0 Å². The molecule has 0 aliphatic heterocycles. The number of benzene rings is 1. The van der Waals surface area contributed by atoms with E-state index in [9.17, 15) is 18.4 Å². The molecule has 0 fully saturated rings.